The molecule has 0 spiro atoms. The second-order valence-electron chi connectivity index (χ2n) is 6.04. The number of hydrogen-bond acceptors (Lipinski definition) is 6. The van der Waals surface area contributed by atoms with Crippen LogP contribution in [-0.4, -0.2) is 45.3 Å². The van der Waals surface area contributed by atoms with Gasteiger partial charge in [0.1, 0.15) is 30.1 Å². The zero-order chi connectivity index (χ0) is 18.1. The summed E-state index contributed by atoms with van der Waals surface area (Å²) >= 11 is 0. The van der Waals surface area contributed by atoms with Crippen molar-refractivity contribution in [2.75, 3.05) is 6.61 Å². The van der Waals surface area contributed by atoms with E-state index in [0.29, 0.717) is 16.9 Å². The van der Waals surface area contributed by atoms with Gasteiger partial charge >= 0.3 is 0 Å². The number of amides is 2. The molecule has 1 aromatic carbocycles. The Morgan fingerprint density at radius 1 is 1.46 bits per heavy atom. The zero-order valence-electron chi connectivity index (χ0n) is 13.6. The summed E-state index contributed by atoms with van der Waals surface area (Å²) in [6, 6.07) is 5.66. The van der Waals surface area contributed by atoms with Crippen LogP contribution in [0.25, 0.3) is 0 Å². The van der Waals surface area contributed by atoms with Crippen LogP contribution in [-0.2, 0) is 9.59 Å². The normalized spacial score (nSPS) is 21.0. The molecule has 1 aliphatic rings. The van der Waals surface area contributed by atoms with Crippen LogP contribution in [0.1, 0.15) is 37.9 Å². The first-order chi connectivity index (χ1) is 11.2. The standard InChI is InChI=1S/C16H19N3O5/c1-9(21)19(18-13(22)8-20)14-11-6-10(7-17)4-5-12(11)24-16(2,3)15(14)23/h4-6,14-15,20,23H,8H2,1-3H3,(H,18,22). The molecule has 0 bridgehead atoms. The molecule has 0 radical (unpaired) electrons. The van der Waals surface area contributed by atoms with E-state index in [1.54, 1.807) is 26.0 Å². The summed E-state index contributed by atoms with van der Waals surface area (Å²) < 4.78 is 5.76. The minimum absolute atomic E-state index is 0.325. The molecule has 128 valence electrons. The predicted octanol–water partition coefficient (Wildman–Crippen LogP) is 0.00328. The molecule has 2 atom stereocenters. The summed E-state index contributed by atoms with van der Waals surface area (Å²) in [6.07, 6.45) is -1.18. The second-order valence-corrected chi connectivity index (χ2v) is 6.04. The number of hydrazine groups is 1. The smallest absolute Gasteiger partial charge is 0.264 e. The molecule has 0 saturated heterocycles. The lowest BCUT2D eigenvalue weighted by molar-refractivity contribution is -0.156. The van der Waals surface area contributed by atoms with Crippen LogP contribution in [0.3, 0.4) is 0 Å². The second kappa shape index (κ2) is 6.47. The average molecular weight is 333 g/mol. The first-order valence-electron chi connectivity index (χ1n) is 7.32. The van der Waals surface area contributed by atoms with E-state index in [9.17, 15) is 14.7 Å². The molecule has 8 nitrogen and oxygen atoms in total. The Bertz CT molecular complexity index is 710. The van der Waals surface area contributed by atoms with Gasteiger partial charge in [0.05, 0.1) is 11.6 Å². The van der Waals surface area contributed by atoms with Crippen LogP contribution in [0.2, 0.25) is 0 Å². The number of nitriles is 1. The molecule has 0 aliphatic carbocycles. The lowest BCUT2D eigenvalue weighted by Gasteiger charge is -2.45. The fraction of sp³-hybridized carbons (Fsp3) is 0.438. The molecule has 0 fully saturated rings. The first-order valence-corrected chi connectivity index (χ1v) is 7.32. The van der Waals surface area contributed by atoms with Crippen LogP contribution >= 0.6 is 0 Å². The molecule has 24 heavy (non-hydrogen) atoms. The molecule has 2 amide bonds. The van der Waals surface area contributed by atoms with E-state index < -0.39 is 36.2 Å². The maximum Gasteiger partial charge on any atom is 0.264 e. The number of fused-ring (bicyclic) bond motifs is 1. The number of carbonyl (C=O) groups excluding carboxylic acids is 2. The topological polar surface area (TPSA) is 123 Å². The van der Waals surface area contributed by atoms with Crippen molar-refractivity contribution in [1.29, 1.82) is 5.26 Å². The lowest BCUT2D eigenvalue weighted by atomic mass is 9.85. The van der Waals surface area contributed by atoms with Crippen LogP contribution in [0.15, 0.2) is 18.2 Å². The Hall–Kier alpha value is -2.63. The molecule has 0 saturated carbocycles. The summed E-state index contributed by atoms with van der Waals surface area (Å²) in [5.74, 6) is -0.926. The average Bonchev–Trinajstić information content (AvgIpc) is 2.53. The number of carbonyl (C=O) groups is 2. The highest BCUT2D eigenvalue weighted by atomic mass is 16.5. The number of nitrogens with one attached hydrogen (secondary N) is 1. The van der Waals surface area contributed by atoms with Crippen molar-refractivity contribution in [1.82, 2.24) is 10.4 Å². The van der Waals surface area contributed by atoms with Crippen LogP contribution in [0.5, 0.6) is 5.75 Å². The van der Waals surface area contributed by atoms with Gasteiger partial charge in [-0.15, -0.1) is 0 Å². The Balaban J connectivity index is 2.58. The highest BCUT2D eigenvalue weighted by Gasteiger charge is 2.47. The molecule has 1 aliphatic heterocycles. The number of hydrogen-bond donors (Lipinski definition) is 3. The Labute approximate surface area is 139 Å². The van der Waals surface area contributed by atoms with E-state index in [2.05, 4.69) is 5.43 Å². The van der Waals surface area contributed by atoms with Crippen molar-refractivity contribution in [3.05, 3.63) is 29.3 Å². The summed E-state index contributed by atoms with van der Waals surface area (Å²) in [7, 11) is 0. The number of aliphatic hydroxyl groups is 2. The van der Waals surface area contributed by atoms with Crippen molar-refractivity contribution in [3.63, 3.8) is 0 Å². The minimum Gasteiger partial charge on any atom is -0.485 e. The molecule has 1 aromatic rings. The third-order valence-electron chi connectivity index (χ3n) is 3.85. The van der Waals surface area contributed by atoms with Gasteiger partial charge in [-0.05, 0) is 32.0 Å². The van der Waals surface area contributed by atoms with Crippen molar-refractivity contribution in [3.8, 4) is 11.8 Å². The SMILES string of the molecule is CC(=O)N(NC(=O)CO)C1c2cc(C#N)ccc2OC(C)(C)C1O. The molecule has 3 N–H and O–H groups in total. The quantitative estimate of drug-likeness (QED) is 0.655. The zero-order valence-corrected chi connectivity index (χ0v) is 13.6. The highest BCUT2D eigenvalue weighted by molar-refractivity contribution is 5.82. The Morgan fingerprint density at radius 2 is 2.12 bits per heavy atom. The third-order valence-corrected chi connectivity index (χ3v) is 3.85. The van der Waals surface area contributed by atoms with Crippen molar-refractivity contribution in [2.24, 2.45) is 0 Å². The molecule has 2 unspecified atom stereocenters. The van der Waals surface area contributed by atoms with Crippen molar-refractivity contribution in [2.45, 2.75) is 38.5 Å². The number of nitrogens with zero attached hydrogens (tertiary/aromatic N) is 2. The minimum atomic E-state index is -1.18. The van der Waals surface area contributed by atoms with E-state index >= 15 is 0 Å². The van der Waals surface area contributed by atoms with E-state index in [1.807, 2.05) is 6.07 Å². The van der Waals surface area contributed by atoms with E-state index in [-0.39, 0.29) is 0 Å². The van der Waals surface area contributed by atoms with E-state index in [1.165, 1.54) is 13.0 Å². The monoisotopic (exact) mass is 333 g/mol. The van der Waals surface area contributed by atoms with E-state index in [4.69, 9.17) is 15.1 Å². The van der Waals surface area contributed by atoms with Gasteiger partial charge in [0.25, 0.3) is 5.91 Å². The summed E-state index contributed by atoms with van der Waals surface area (Å²) in [6.45, 7) is 3.72. The molecule has 2 rings (SSSR count). The number of ether oxygens (including phenoxy) is 1. The molecule has 0 aromatic heterocycles. The number of benzene rings is 1. The van der Waals surface area contributed by atoms with Gasteiger partial charge in [-0.3, -0.25) is 15.0 Å². The molecule has 8 heteroatoms. The highest BCUT2D eigenvalue weighted by Crippen LogP contribution is 2.42. The van der Waals surface area contributed by atoms with Gasteiger partial charge in [0.2, 0.25) is 5.91 Å². The first kappa shape index (κ1) is 17.7. The molecular formula is C16H19N3O5. The van der Waals surface area contributed by atoms with Gasteiger partial charge in [-0.2, -0.15) is 5.26 Å². The summed E-state index contributed by atoms with van der Waals surface area (Å²) in [4.78, 5) is 23.6. The van der Waals surface area contributed by atoms with Gasteiger partial charge < -0.3 is 14.9 Å². The number of aliphatic hydroxyl groups excluding tert-OH is 2. The maximum atomic E-state index is 12.0. The van der Waals surface area contributed by atoms with Gasteiger partial charge in [-0.25, -0.2) is 5.01 Å². The molecule has 1 heterocycles. The summed E-state index contributed by atoms with van der Waals surface area (Å²) in [5, 5.41) is 29.7. The predicted molar refractivity (Wildman–Crippen MR) is 82.4 cm³/mol. The Kier molecular flexibility index (Phi) is 4.78. The lowest BCUT2D eigenvalue weighted by Crippen LogP contribution is -2.58. The van der Waals surface area contributed by atoms with Crippen molar-refractivity contribution >= 4 is 11.8 Å². The summed E-state index contributed by atoms with van der Waals surface area (Å²) in [5.41, 5.74) is 1.96. The fourth-order valence-corrected chi connectivity index (χ4v) is 2.63. The fourth-order valence-electron chi connectivity index (χ4n) is 2.63. The molecular weight excluding hydrogens is 314 g/mol. The van der Waals surface area contributed by atoms with Gasteiger partial charge in [-0.1, -0.05) is 0 Å². The number of rotatable bonds is 2. The van der Waals surface area contributed by atoms with Crippen molar-refractivity contribution < 1.29 is 24.5 Å². The third kappa shape index (κ3) is 3.18. The Morgan fingerprint density at radius 3 is 2.67 bits per heavy atom. The maximum absolute atomic E-state index is 12.0. The van der Waals surface area contributed by atoms with Crippen LogP contribution in [0.4, 0.5) is 0 Å². The van der Waals surface area contributed by atoms with Crippen LogP contribution < -0.4 is 10.2 Å². The van der Waals surface area contributed by atoms with Gasteiger partial charge in [0.15, 0.2) is 0 Å². The van der Waals surface area contributed by atoms with E-state index in [0.717, 1.165) is 5.01 Å². The van der Waals surface area contributed by atoms with Gasteiger partial charge in [0, 0.05) is 12.5 Å². The van der Waals surface area contributed by atoms with Crippen LogP contribution in [0, 0.1) is 11.3 Å². The largest absolute Gasteiger partial charge is 0.485 e.